The van der Waals surface area contributed by atoms with Gasteiger partial charge in [-0.2, -0.15) is 8.62 Å². The lowest BCUT2D eigenvalue weighted by Gasteiger charge is -2.39. The number of hydrogen-bond acceptors (Lipinski definition) is 10. The maximum Gasteiger partial charge on any atom is 0.490 e. The quantitative estimate of drug-likeness (QED) is 0.193. The average molecular weight is 530 g/mol. The Bertz CT molecular complexity index is 1060. The van der Waals surface area contributed by atoms with Gasteiger partial charge in [-0.1, -0.05) is 19.1 Å². The van der Waals surface area contributed by atoms with Crippen molar-refractivity contribution < 1.29 is 56.3 Å². The Morgan fingerprint density at radius 1 is 1.21 bits per heavy atom. The van der Waals surface area contributed by atoms with Crippen molar-refractivity contribution >= 4 is 23.5 Å². The number of aliphatic hydroxyl groups excluding tert-OH is 1. The molecule has 0 spiro atoms. The number of hydrogen-bond donors (Lipinski definition) is 6. The van der Waals surface area contributed by atoms with Crippen molar-refractivity contribution in [3.8, 4) is 12.3 Å². The van der Waals surface area contributed by atoms with E-state index in [4.69, 9.17) is 20.9 Å². The molecule has 1 fully saturated rings. The topological polar surface area (TPSA) is 205 Å². The summed E-state index contributed by atoms with van der Waals surface area (Å²) in [5, 5.41) is 13.9. The molecular formula is C16H25N2O12P3. The van der Waals surface area contributed by atoms with E-state index >= 15 is 0 Å². The van der Waals surface area contributed by atoms with Crippen LogP contribution < -0.4 is 5.32 Å². The van der Waals surface area contributed by atoms with Crippen molar-refractivity contribution in [2.45, 2.75) is 38.7 Å². The summed E-state index contributed by atoms with van der Waals surface area (Å²) in [4.78, 5) is 37.7. The molecule has 3 unspecified atom stereocenters. The molecule has 6 N–H and O–H groups in total. The minimum atomic E-state index is -5.70. The van der Waals surface area contributed by atoms with Gasteiger partial charge in [-0.25, -0.2) is 13.7 Å². The second kappa shape index (κ2) is 9.06. The van der Waals surface area contributed by atoms with Gasteiger partial charge in [0.2, 0.25) is 0 Å². The molecule has 2 heterocycles. The van der Waals surface area contributed by atoms with Gasteiger partial charge < -0.3 is 39.6 Å². The molecule has 17 heteroatoms. The van der Waals surface area contributed by atoms with Gasteiger partial charge in [0.05, 0.1) is 6.61 Å². The molecule has 14 nitrogen and oxygen atoms in total. The van der Waals surface area contributed by atoms with E-state index in [0.717, 1.165) is 0 Å². The lowest BCUT2D eigenvalue weighted by Crippen LogP contribution is -2.48. The first kappa shape index (κ1) is 28.0. The van der Waals surface area contributed by atoms with E-state index in [2.05, 4.69) is 37.5 Å². The van der Waals surface area contributed by atoms with E-state index in [1.807, 2.05) is 0 Å². The van der Waals surface area contributed by atoms with Crippen molar-refractivity contribution in [3.63, 3.8) is 0 Å². The third kappa shape index (κ3) is 6.24. The maximum atomic E-state index is 12.1. The normalized spacial score (nSPS) is 34.2. The highest BCUT2D eigenvalue weighted by Gasteiger charge is 2.61. The zero-order chi connectivity index (χ0) is 25.6. The Morgan fingerprint density at radius 2 is 1.79 bits per heavy atom. The lowest BCUT2D eigenvalue weighted by atomic mass is 9.78. The van der Waals surface area contributed by atoms with Crippen LogP contribution in [0.1, 0.15) is 20.8 Å². The Balaban J connectivity index is 2.26. The molecule has 0 aromatic rings. The summed E-state index contributed by atoms with van der Waals surface area (Å²) in [5.74, 6) is 2.77. The molecular weight excluding hydrogens is 505 g/mol. The van der Waals surface area contributed by atoms with E-state index in [9.17, 15) is 28.6 Å². The second-order valence-electron chi connectivity index (χ2n) is 7.75. The molecule has 33 heavy (non-hydrogen) atoms. The minimum absolute atomic E-state index is 0.321. The Hall–Kier alpha value is -1.29. The zero-order valence-corrected chi connectivity index (χ0v) is 20.5. The molecule has 0 radical (unpaired) electrons. The Labute approximate surface area is 190 Å². The summed E-state index contributed by atoms with van der Waals surface area (Å²) < 4.78 is 52.2. The highest BCUT2D eigenvalue weighted by molar-refractivity contribution is 7.66. The predicted octanol–water partition coefficient (Wildman–Crippen LogP) is 1.24. The number of nitrogens with zero attached hydrogens (tertiary/aromatic N) is 1. The monoisotopic (exact) mass is 530 g/mol. The van der Waals surface area contributed by atoms with Gasteiger partial charge in [0.1, 0.15) is 22.9 Å². The highest BCUT2D eigenvalue weighted by Crippen LogP contribution is 2.66. The third-order valence-corrected chi connectivity index (χ3v) is 8.73. The van der Waals surface area contributed by atoms with Crippen LogP contribution in [0.4, 0.5) is 0 Å². The van der Waals surface area contributed by atoms with Gasteiger partial charge in [-0.05, 0) is 26.3 Å². The average Bonchev–Trinajstić information content (AvgIpc) is 2.82. The first-order chi connectivity index (χ1) is 14.8. The van der Waals surface area contributed by atoms with Crippen LogP contribution >= 0.6 is 23.5 Å². The summed E-state index contributed by atoms with van der Waals surface area (Å²) in [6.45, 7) is 11.3. The Morgan fingerprint density at radius 3 is 2.30 bits per heavy atom. The van der Waals surface area contributed by atoms with E-state index in [1.54, 1.807) is 13.1 Å². The van der Waals surface area contributed by atoms with Gasteiger partial charge in [-0.15, -0.1) is 6.42 Å². The van der Waals surface area contributed by atoms with Crippen LogP contribution in [0.2, 0.25) is 0 Å². The molecule has 0 bridgehead atoms. The van der Waals surface area contributed by atoms with Crippen LogP contribution in [0.15, 0.2) is 36.4 Å². The molecule has 2 aliphatic rings. The number of aliphatic hydroxyl groups is 1. The van der Waals surface area contributed by atoms with Crippen molar-refractivity contribution in [1.82, 2.24) is 10.2 Å². The van der Waals surface area contributed by atoms with E-state index < -0.39 is 53.4 Å². The SMILES string of the molecule is C#CC1(C)[C@@H](O)[C@@](C)(COP(=O)(O)OP(=O)(O)OP(=O)(O)O)O[C@H]1N1C=C(C)C(=C)NC1=C. The second-order valence-corrected chi connectivity index (χ2v) is 12.2. The fourth-order valence-electron chi connectivity index (χ4n) is 3.24. The van der Waals surface area contributed by atoms with E-state index in [-0.39, 0.29) is 0 Å². The molecule has 0 amide bonds. The van der Waals surface area contributed by atoms with Crippen molar-refractivity contribution in [2.24, 2.45) is 5.41 Å². The van der Waals surface area contributed by atoms with Crippen LogP contribution in [-0.4, -0.2) is 54.1 Å². The van der Waals surface area contributed by atoms with Crippen molar-refractivity contribution in [2.75, 3.05) is 6.61 Å². The summed E-state index contributed by atoms with van der Waals surface area (Å²) in [7, 11) is -16.7. The standard InChI is InChI=1S/C16H25N2O12P3/c1-7-15(5)13(19)16(6,28-14(15)18-8-10(2)11(3)17-12(18)4)9-27-32(23,24)30-33(25,26)29-31(20,21)22/h1,8,13-14,17,19H,3-4,9H2,2,5-6H3,(H,23,24)(H,25,26)(H2,20,21,22)/t13-,14-,15?,16-/m1/s1. The summed E-state index contributed by atoms with van der Waals surface area (Å²) >= 11 is 0. The first-order valence-electron chi connectivity index (χ1n) is 8.99. The summed E-state index contributed by atoms with van der Waals surface area (Å²) in [6, 6.07) is 0. The number of rotatable bonds is 8. The summed E-state index contributed by atoms with van der Waals surface area (Å²) in [5.41, 5.74) is -1.88. The number of nitrogens with one attached hydrogen (secondary N) is 1. The zero-order valence-electron chi connectivity index (χ0n) is 17.8. The fraction of sp³-hybridized carbons (Fsp3) is 0.500. The molecule has 6 atom stereocenters. The number of allylic oxidation sites excluding steroid dienone is 1. The van der Waals surface area contributed by atoms with Crippen LogP contribution in [0, 0.1) is 17.8 Å². The largest absolute Gasteiger partial charge is 0.490 e. The lowest BCUT2D eigenvalue weighted by molar-refractivity contribution is -0.122. The van der Waals surface area contributed by atoms with E-state index in [1.165, 1.54) is 18.7 Å². The van der Waals surface area contributed by atoms with Gasteiger partial charge in [0.15, 0.2) is 6.23 Å². The van der Waals surface area contributed by atoms with Crippen LogP contribution in [0.25, 0.3) is 0 Å². The van der Waals surface area contributed by atoms with Gasteiger partial charge in [-0.3, -0.25) is 4.52 Å². The number of ether oxygens (including phenoxy) is 1. The van der Waals surface area contributed by atoms with Crippen LogP contribution in [-0.2, 0) is 31.6 Å². The van der Waals surface area contributed by atoms with Gasteiger partial charge in [0, 0.05) is 11.9 Å². The van der Waals surface area contributed by atoms with Crippen LogP contribution in [0.3, 0.4) is 0 Å². The molecule has 2 rings (SSSR count). The number of phosphoric ester groups is 1. The van der Waals surface area contributed by atoms with Crippen molar-refractivity contribution in [3.05, 3.63) is 36.4 Å². The molecule has 1 saturated heterocycles. The smallest absolute Gasteiger partial charge is 0.388 e. The molecule has 0 aromatic heterocycles. The van der Waals surface area contributed by atoms with Gasteiger partial charge >= 0.3 is 23.5 Å². The maximum absolute atomic E-state index is 12.1. The molecule has 0 saturated carbocycles. The molecule has 0 aromatic carbocycles. The first-order valence-corrected chi connectivity index (χ1v) is 13.5. The molecule has 186 valence electrons. The van der Waals surface area contributed by atoms with Crippen LogP contribution in [0.5, 0.6) is 0 Å². The third-order valence-electron chi connectivity index (χ3n) is 4.95. The van der Waals surface area contributed by atoms with Gasteiger partial charge in [0.25, 0.3) is 0 Å². The number of phosphoric acid groups is 3. The van der Waals surface area contributed by atoms with E-state index in [0.29, 0.717) is 17.1 Å². The fourth-order valence-corrected chi connectivity index (χ4v) is 6.36. The molecule has 2 aliphatic heterocycles. The predicted molar refractivity (Wildman–Crippen MR) is 113 cm³/mol. The Kier molecular flexibility index (Phi) is 7.67. The van der Waals surface area contributed by atoms with Crippen molar-refractivity contribution in [1.29, 1.82) is 0 Å². The summed E-state index contributed by atoms with van der Waals surface area (Å²) in [6.07, 6.45) is 4.75. The number of terminal acetylenes is 1. The highest BCUT2D eigenvalue weighted by atomic mass is 31.3. The minimum Gasteiger partial charge on any atom is -0.388 e. The molecule has 0 aliphatic carbocycles.